The second kappa shape index (κ2) is 10.3. The zero-order valence-electron chi connectivity index (χ0n) is 18.6. The molecule has 2 aromatic carbocycles. The van der Waals surface area contributed by atoms with Crippen LogP contribution >= 0.6 is 0 Å². The third-order valence-corrected chi connectivity index (χ3v) is 5.76. The molecule has 32 heavy (non-hydrogen) atoms. The first-order valence-electron chi connectivity index (χ1n) is 11.0. The Bertz CT molecular complexity index is 942. The van der Waals surface area contributed by atoms with Crippen LogP contribution in [0, 0.1) is 5.92 Å². The number of rotatable bonds is 9. The molecular weight excluding hydrogens is 408 g/mol. The lowest BCUT2D eigenvalue weighted by Crippen LogP contribution is -2.53. The summed E-state index contributed by atoms with van der Waals surface area (Å²) in [6, 6.07) is 14.2. The highest BCUT2D eigenvalue weighted by atomic mass is 16.5. The number of hydrogen-bond donors (Lipinski definition) is 3. The van der Waals surface area contributed by atoms with Crippen LogP contribution in [0.3, 0.4) is 0 Å². The van der Waals surface area contributed by atoms with Gasteiger partial charge in [-0.3, -0.25) is 4.79 Å². The highest BCUT2D eigenvalue weighted by Gasteiger charge is 2.31. The maximum atomic E-state index is 12.7. The van der Waals surface area contributed by atoms with Crippen molar-refractivity contribution in [3.63, 3.8) is 0 Å². The fourth-order valence-electron chi connectivity index (χ4n) is 4.11. The Labute approximate surface area is 188 Å². The van der Waals surface area contributed by atoms with Gasteiger partial charge in [-0.2, -0.15) is 0 Å². The number of carbonyl (C=O) groups is 3. The molecule has 1 aliphatic carbocycles. The minimum Gasteiger partial charge on any atom is -0.480 e. The zero-order chi connectivity index (χ0) is 23.3. The van der Waals surface area contributed by atoms with Crippen LogP contribution in [0.1, 0.15) is 50.7 Å². The van der Waals surface area contributed by atoms with E-state index in [4.69, 9.17) is 4.74 Å². The van der Waals surface area contributed by atoms with Crippen molar-refractivity contribution in [1.82, 2.24) is 10.6 Å². The molecule has 0 fully saturated rings. The highest BCUT2D eigenvalue weighted by Crippen LogP contribution is 2.44. The van der Waals surface area contributed by atoms with Crippen LogP contribution in [0.25, 0.3) is 11.1 Å². The maximum Gasteiger partial charge on any atom is 0.407 e. The third kappa shape index (κ3) is 5.10. The largest absolute Gasteiger partial charge is 0.480 e. The van der Waals surface area contributed by atoms with E-state index in [0.717, 1.165) is 22.3 Å². The van der Waals surface area contributed by atoms with Crippen LogP contribution in [-0.4, -0.2) is 41.8 Å². The van der Waals surface area contributed by atoms with E-state index >= 15 is 0 Å². The molecule has 0 heterocycles. The monoisotopic (exact) mass is 438 g/mol. The highest BCUT2D eigenvalue weighted by molar-refractivity contribution is 5.89. The molecule has 0 aliphatic heterocycles. The van der Waals surface area contributed by atoms with Gasteiger partial charge in [0.2, 0.25) is 5.91 Å². The Morgan fingerprint density at radius 1 is 0.969 bits per heavy atom. The van der Waals surface area contributed by atoms with Gasteiger partial charge in [0, 0.05) is 5.92 Å². The Hall–Kier alpha value is -3.35. The van der Waals surface area contributed by atoms with E-state index in [2.05, 4.69) is 22.8 Å². The average molecular weight is 439 g/mol. The molecular formula is C25H30N2O5. The quantitative estimate of drug-likeness (QED) is 0.550. The molecule has 2 atom stereocenters. The fraction of sp³-hybridized carbons (Fsp3) is 0.400. The van der Waals surface area contributed by atoms with Crippen LogP contribution in [-0.2, 0) is 14.3 Å². The summed E-state index contributed by atoms with van der Waals surface area (Å²) >= 11 is 0. The number of nitrogens with one attached hydrogen (secondary N) is 2. The lowest BCUT2D eigenvalue weighted by atomic mass is 9.98. The molecule has 1 aliphatic rings. The second-order valence-corrected chi connectivity index (χ2v) is 8.38. The normalized spacial score (nSPS) is 14.2. The summed E-state index contributed by atoms with van der Waals surface area (Å²) < 4.78 is 5.52. The molecule has 3 rings (SSSR count). The van der Waals surface area contributed by atoms with Crippen molar-refractivity contribution in [3.8, 4) is 11.1 Å². The Morgan fingerprint density at radius 3 is 2.03 bits per heavy atom. The molecule has 7 nitrogen and oxygen atoms in total. The van der Waals surface area contributed by atoms with Gasteiger partial charge >= 0.3 is 12.1 Å². The summed E-state index contributed by atoms with van der Waals surface area (Å²) in [5.41, 5.74) is 4.46. The Morgan fingerprint density at radius 2 is 1.53 bits per heavy atom. The number of carbonyl (C=O) groups excluding carboxylic acids is 2. The lowest BCUT2D eigenvalue weighted by molar-refractivity contribution is -0.142. The number of alkyl carbamates (subject to hydrolysis) is 1. The van der Waals surface area contributed by atoms with E-state index < -0.39 is 30.1 Å². The van der Waals surface area contributed by atoms with Gasteiger partial charge in [0.15, 0.2) is 0 Å². The first-order chi connectivity index (χ1) is 15.3. The summed E-state index contributed by atoms with van der Waals surface area (Å²) in [7, 11) is 0. The van der Waals surface area contributed by atoms with E-state index in [1.807, 2.05) is 43.3 Å². The Balaban J connectivity index is 1.65. The zero-order valence-corrected chi connectivity index (χ0v) is 18.6. The summed E-state index contributed by atoms with van der Waals surface area (Å²) in [4.78, 5) is 36.6. The maximum absolute atomic E-state index is 12.7. The Kier molecular flexibility index (Phi) is 7.51. The molecule has 0 saturated heterocycles. The van der Waals surface area contributed by atoms with Crippen LogP contribution in [0.5, 0.6) is 0 Å². The number of carboxylic acids is 1. The van der Waals surface area contributed by atoms with E-state index in [9.17, 15) is 19.5 Å². The third-order valence-electron chi connectivity index (χ3n) is 5.76. The number of aliphatic carboxylic acids is 1. The molecule has 2 aromatic rings. The van der Waals surface area contributed by atoms with Crippen molar-refractivity contribution in [2.75, 3.05) is 6.61 Å². The van der Waals surface area contributed by atoms with Crippen molar-refractivity contribution in [2.24, 2.45) is 5.92 Å². The lowest BCUT2D eigenvalue weighted by Gasteiger charge is -2.24. The topological polar surface area (TPSA) is 105 Å². The van der Waals surface area contributed by atoms with Crippen LogP contribution in [0.2, 0.25) is 0 Å². The molecule has 3 N–H and O–H groups in total. The smallest absolute Gasteiger partial charge is 0.407 e. The van der Waals surface area contributed by atoms with Crippen LogP contribution < -0.4 is 10.6 Å². The number of benzene rings is 2. The summed E-state index contributed by atoms with van der Waals surface area (Å²) in [5, 5.41) is 14.4. The van der Waals surface area contributed by atoms with E-state index in [1.165, 1.54) is 0 Å². The summed E-state index contributed by atoms with van der Waals surface area (Å²) in [6.45, 7) is 5.55. The second-order valence-electron chi connectivity index (χ2n) is 8.38. The standard InChI is InChI=1S/C25H30N2O5/c1-4-9-21(24(29)30)26-23(28)22(15(2)3)27-25(31)32-14-20-18-12-7-5-10-16(18)17-11-6-8-13-19(17)20/h5-8,10-13,15,20-22H,4,9,14H2,1-3H3,(H,26,28)(H,27,31)(H,29,30)/t21-,22+/m0/s1. The first-order valence-corrected chi connectivity index (χ1v) is 11.0. The molecule has 0 bridgehead atoms. The van der Waals surface area contributed by atoms with Gasteiger partial charge in [-0.05, 0) is 34.6 Å². The van der Waals surface area contributed by atoms with Crippen molar-refractivity contribution < 1.29 is 24.2 Å². The van der Waals surface area contributed by atoms with Crippen molar-refractivity contribution >= 4 is 18.0 Å². The number of amides is 2. The van der Waals surface area contributed by atoms with Crippen molar-refractivity contribution in [2.45, 2.75) is 51.6 Å². The van der Waals surface area contributed by atoms with E-state index in [1.54, 1.807) is 13.8 Å². The molecule has 170 valence electrons. The molecule has 0 radical (unpaired) electrons. The van der Waals surface area contributed by atoms with Gasteiger partial charge in [0.25, 0.3) is 0 Å². The SMILES string of the molecule is CCC[C@H](NC(=O)[C@H](NC(=O)OCC1c2ccccc2-c2ccccc21)C(C)C)C(=O)O. The van der Waals surface area contributed by atoms with E-state index in [-0.39, 0.29) is 18.4 Å². The van der Waals surface area contributed by atoms with Gasteiger partial charge in [-0.1, -0.05) is 75.7 Å². The number of fused-ring (bicyclic) bond motifs is 3. The fourth-order valence-corrected chi connectivity index (χ4v) is 4.11. The van der Waals surface area contributed by atoms with Crippen molar-refractivity contribution in [3.05, 3.63) is 59.7 Å². The first kappa shape index (κ1) is 23.3. The van der Waals surface area contributed by atoms with Gasteiger partial charge < -0.3 is 20.5 Å². The van der Waals surface area contributed by atoms with Gasteiger partial charge in [-0.15, -0.1) is 0 Å². The summed E-state index contributed by atoms with van der Waals surface area (Å²) in [6.07, 6.45) is 0.225. The number of hydrogen-bond acceptors (Lipinski definition) is 4. The molecule has 7 heteroatoms. The summed E-state index contributed by atoms with van der Waals surface area (Å²) in [5.74, 6) is -1.95. The van der Waals surface area contributed by atoms with Gasteiger partial charge in [0.05, 0.1) is 0 Å². The average Bonchev–Trinajstić information content (AvgIpc) is 3.09. The van der Waals surface area contributed by atoms with Gasteiger partial charge in [0.1, 0.15) is 18.7 Å². The predicted molar refractivity (Wildman–Crippen MR) is 121 cm³/mol. The number of ether oxygens (including phenoxy) is 1. The van der Waals surface area contributed by atoms with Crippen LogP contribution in [0.15, 0.2) is 48.5 Å². The minimum atomic E-state index is -1.09. The minimum absolute atomic E-state index is 0.0829. The predicted octanol–water partition coefficient (Wildman–Crippen LogP) is 3.92. The molecule has 0 unspecified atom stereocenters. The molecule has 0 spiro atoms. The van der Waals surface area contributed by atoms with E-state index in [0.29, 0.717) is 12.8 Å². The van der Waals surface area contributed by atoms with Crippen molar-refractivity contribution in [1.29, 1.82) is 0 Å². The van der Waals surface area contributed by atoms with Gasteiger partial charge in [-0.25, -0.2) is 9.59 Å². The molecule has 0 saturated carbocycles. The number of carboxylic acid groups (broad SMARTS) is 1. The molecule has 0 aromatic heterocycles. The van der Waals surface area contributed by atoms with Crippen LogP contribution in [0.4, 0.5) is 4.79 Å². The molecule has 2 amide bonds.